The van der Waals surface area contributed by atoms with Gasteiger partial charge in [-0.15, -0.1) is 23.5 Å². The first kappa shape index (κ1) is 12.1. The summed E-state index contributed by atoms with van der Waals surface area (Å²) >= 11 is 3.63. The average Bonchev–Trinajstić information content (AvgIpc) is 3.32. The zero-order valence-electron chi connectivity index (χ0n) is 10.1. The van der Waals surface area contributed by atoms with Crippen LogP contribution in [-0.4, -0.2) is 15.4 Å². The summed E-state index contributed by atoms with van der Waals surface area (Å²) in [5.41, 5.74) is 18.9. The standard InChI is InChI=1S/C12H8N6S2/c13-17-15-8-3-1-7(2-4-8)11-5-6-12(16-18-14)10(20-12)9(11)19-11/h1-6,9-10H. The number of benzene rings is 1. The highest BCUT2D eigenvalue weighted by Crippen LogP contribution is 2.77. The first-order valence-corrected chi connectivity index (χ1v) is 7.78. The first-order chi connectivity index (χ1) is 9.74. The van der Waals surface area contributed by atoms with Crippen LogP contribution in [0.3, 0.4) is 0 Å². The fourth-order valence-electron chi connectivity index (χ4n) is 2.77. The van der Waals surface area contributed by atoms with Crippen molar-refractivity contribution in [2.75, 3.05) is 0 Å². The third-order valence-electron chi connectivity index (χ3n) is 3.88. The van der Waals surface area contributed by atoms with Gasteiger partial charge >= 0.3 is 0 Å². The zero-order valence-corrected chi connectivity index (χ0v) is 11.8. The van der Waals surface area contributed by atoms with E-state index in [2.05, 4.69) is 26.1 Å². The van der Waals surface area contributed by atoms with E-state index in [1.54, 1.807) is 11.8 Å². The molecule has 2 saturated heterocycles. The Morgan fingerprint density at radius 2 is 1.80 bits per heavy atom. The minimum Gasteiger partial charge on any atom is -0.138 e. The third-order valence-corrected chi connectivity index (χ3v) is 7.19. The van der Waals surface area contributed by atoms with Gasteiger partial charge in [0, 0.05) is 26.0 Å². The van der Waals surface area contributed by atoms with Crippen LogP contribution in [0.25, 0.3) is 20.9 Å². The molecule has 1 aromatic rings. The van der Waals surface area contributed by atoms with Crippen LogP contribution in [0.1, 0.15) is 5.56 Å². The van der Waals surface area contributed by atoms with Crippen LogP contribution in [0.15, 0.2) is 46.6 Å². The highest BCUT2D eigenvalue weighted by molar-refractivity contribution is 8.14. The van der Waals surface area contributed by atoms with Crippen molar-refractivity contribution in [2.24, 2.45) is 10.2 Å². The lowest BCUT2D eigenvalue weighted by molar-refractivity contribution is 0.684. The Morgan fingerprint density at radius 1 is 1.00 bits per heavy atom. The molecule has 2 aliphatic heterocycles. The molecule has 1 aromatic carbocycles. The molecule has 0 radical (unpaired) electrons. The van der Waals surface area contributed by atoms with Crippen LogP contribution < -0.4 is 0 Å². The molecule has 8 heteroatoms. The van der Waals surface area contributed by atoms with Gasteiger partial charge in [-0.05, 0) is 16.6 Å². The van der Waals surface area contributed by atoms with Gasteiger partial charge in [0.1, 0.15) is 4.87 Å². The average molecular weight is 300 g/mol. The van der Waals surface area contributed by atoms with Crippen LogP contribution in [0.4, 0.5) is 5.69 Å². The van der Waals surface area contributed by atoms with Crippen molar-refractivity contribution in [1.82, 2.24) is 0 Å². The topological polar surface area (TPSA) is 97.5 Å². The highest BCUT2D eigenvalue weighted by atomic mass is 32.2. The van der Waals surface area contributed by atoms with Gasteiger partial charge in [0.2, 0.25) is 0 Å². The SMILES string of the molecule is [N-]=[N+]=Nc1ccc(C23C=CC4(N=[N+]=[N-])SC4C2S3)cc1. The van der Waals surface area contributed by atoms with Gasteiger partial charge in [-0.1, -0.05) is 46.6 Å². The highest BCUT2D eigenvalue weighted by Gasteiger charge is 2.73. The molecule has 0 saturated carbocycles. The number of fused-ring (bicyclic) bond motifs is 3. The van der Waals surface area contributed by atoms with Crippen molar-refractivity contribution in [2.45, 2.75) is 20.1 Å². The van der Waals surface area contributed by atoms with Crippen molar-refractivity contribution >= 4 is 29.2 Å². The predicted octanol–water partition coefficient (Wildman–Crippen LogP) is 4.63. The normalized spacial score (nSPS) is 38.8. The fourth-order valence-corrected chi connectivity index (χ4v) is 5.90. The Hall–Kier alpha value is -1.72. The lowest BCUT2D eigenvalue weighted by atomic mass is 9.87. The number of azide groups is 2. The lowest BCUT2D eigenvalue weighted by Crippen LogP contribution is -2.23. The van der Waals surface area contributed by atoms with E-state index < -0.39 is 0 Å². The van der Waals surface area contributed by atoms with Gasteiger partial charge in [-0.25, -0.2) is 0 Å². The summed E-state index contributed by atoms with van der Waals surface area (Å²) in [4.78, 5) is 5.39. The minimum absolute atomic E-state index is 0.0114. The second kappa shape index (κ2) is 3.90. The first-order valence-electron chi connectivity index (χ1n) is 6.02. The van der Waals surface area contributed by atoms with E-state index >= 15 is 0 Å². The molecule has 98 valence electrons. The Kier molecular flexibility index (Phi) is 2.35. The summed E-state index contributed by atoms with van der Waals surface area (Å²) in [7, 11) is 0. The molecule has 0 spiro atoms. The van der Waals surface area contributed by atoms with Crippen molar-refractivity contribution < 1.29 is 0 Å². The van der Waals surface area contributed by atoms with Crippen LogP contribution in [0.5, 0.6) is 0 Å². The summed E-state index contributed by atoms with van der Waals surface area (Å²) in [6.07, 6.45) is 4.20. The number of rotatable bonds is 3. The Balaban J connectivity index is 1.67. The maximum absolute atomic E-state index is 8.64. The molecule has 2 heterocycles. The number of hydrogen-bond acceptors (Lipinski definition) is 4. The molecule has 6 nitrogen and oxygen atoms in total. The van der Waals surface area contributed by atoms with E-state index in [0.717, 1.165) is 0 Å². The summed E-state index contributed by atoms with van der Waals surface area (Å²) in [5.74, 6) is 0. The maximum Gasteiger partial charge on any atom is 0.126 e. The van der Waals surface area contributed by atoms with E-state index in [4.69, 9.17) is 11.1 Å². The lowest BCUT2D eigenvalue weighted by Gasteiger charge is -2.16. The van der Waals surface area contributed by atoms with Gasteiger partial charge in [0.25, 0.3) is 0 Å². The van der Waals surface area contributed by atoms with Gasteiger partial charge in [-0.2, -0.15) is 0 Å². The molecule has 0 N–H and O–H groups in total. The Bertz CT molecular complexity index is 718. The molecule has 4 atom stereocenters. The van der Waals surface area contributed by atoms with Crippen molar-refractivity contribution in [3.05, 3.63) is 62.9 Å². The summed E-state index contributed by atoms with van der Waals surface area (Å²) in [6, 6.07) is 7.69. The largest absolute Gasteiger partial charge is 0.138 e. The minimum atomic E-state index is -0.336. The van der Waals surface area contributed by atoms with Crippen molar-refractivity contribution in [3.8, 4) is 0 Å². The van der Waals surface area contributed by atoms with Crippen LogP contribution in [0.2, 0.25) is 0 Å². The zero-order chi connectivity index (χ0) is 13.8. The molecule has 20 heavy (non-hydrogen) atoms. The smallest absolute Gasteiger partial charge is 0.126 e. The Labute approximate surface area is 122 Å². The van der Waals surface area contributed by atoms with Crippen LogP contribution >= 0.6 is 23.5 Å². The quantitative estimate of drug-likeness (QED) is 0.267. The number of thioether (sulfide) groups is 2. The summed E-state index contributed by atoms with van der Waals surface area (Å²) in [6.45, 7) is 0. The summed E-state index contributed by atoms with van der Waals surface area (Å²) in [5, 5.41) is 8.35. The van der Waals surface area contributed by atoms with E-state index in [1.807, 2.05) is 42.1 Å². The summed E-state index contributed by atoms with van der Waals surface area (Å²) < 4.78 is 0.0114. The molecule has 0 aromatic heterocycles. The van der Waals surface area contributed by atoms with Crippen molar-refractivity contribution in [1.29, 1.82) is 0 Å². The molecule has 2 fully saturated rings. The number of hydrogen-bond donors (Lipinski definition) is 0. The third kappa shape index (κ3) is 1.50. The van der Waals surface area contributed by atoms with Crippen LogP contribution in [0, 0.1) is 0 Å². The van der Waals surface area contributed by atoms with E-state index in [0.29, 0.717) is 16.2 Å². The van der Waals surface area contributed by atoms with E-state index in [9.17, 15) is 0 Å². The van der Waals surface area contributed by atoms with Crippen molar-refractivity contribution in [3.63, 3.8) is 0 Å². The van der Waals surface area contributed by atoms with Gasteiger partial charge in [-0.3, -0.25) is 0 Å². The van der Waals surface area contributed by atoms with Gasteiger partial charge in [0.05, 0.1) is 4.75 Å². The monoisotopic (exact) mass is 300 g/mol. The van der Waals surface area contributed by atoms with Crippen LogP contribution in [-0.2, 0) is 4.75 Å². The molecular formula is C12H8N6S2. The molecule has 0 bridgehead atoms. The molecule has 1 aliphatic carbocycles. The van der Waals surface area contributed by atoms with Gasteiger partial charge in [0.15, 0.2) is 0 Å². The Morgan fingerprint density at radius 3 is 2.50 bits per heavy atom. The second-order valence-corrected chi connectivity index (χ2v) is 7.70. The molecule has 3 aliphatic rings. The van der Waals surface area contributed by atoms with E-state index in [-0.39, 0.29) is 9.62 Å². The molecular weight excluding hydrogens is 292 g/mol. The predicted molar refractivity (Wildman–Crippen MR) is 80.7 cm³/mol. The maximum atomic E-state index is 8.64. The molecule has 4 rings (SSSR count). The second-order valence-electron chi connectivity index (χ2n) is 4.88. The molecule has 0 amide bonds. The fraction of sp³-hybridized carbons (Fsp3) is 0.333. The molecule has 4 unspecified atom stereocenters. The van der Waals surface area contributed by atoms with Gasteiger partial charge < -0.3 is 0 Å². The number of nitrogens with zero attached hydrogens (tertiary/aromatic N) is 6. The van der Waals surface area contributed by atoms with E-state index in [1.165, 1.54) is 5.56 Å².